The molecule has 1 amide bonds. The van der Waals surface area contributed by atoms with Crippen LogP contribution >= 0.6 is 0 Å². The highest BCUT2D eigenvalue weighted by atomic mass is 16.4. The first-order chi connectivity index (χ1) is 15.0. The number of carbonyl (C=O) groups excluding carboxylic acids is 1. The van der Waals surface area contributed by atoms with Gasteiger partial charge in [-0.2, -0.15) is 0 Å². The summed E-state index contributed by atoms with van der Waals surface area (Å²) in [6.07, 6.45) is 3.04. The molecule has 2 aromatic carbocycles. The molecule has 0 fully saturated rings. The number of nitrogens with zero attached hydrogens (tertiary/aromatic N) is 2. The molecule has 0 saturated heterocycles. The summed E-state index contributed by atoms with van der Waals surface area (Å²) in [6.45, 7) is 4.14. The second-order valence-corrected chi connectivity index (χ2v) is 7.39. The highest BCUT2D eigenvalue weighted by molar-refractivity contribution is 6.03. The second kappa shape index (κ2) is 10.5. The molecule has 0 saturated carbocycles. The van der Waals surface area contributed by atoms with Gasteiger partial charge in [-0.05, 0) is 73.2 Å². The molecule has 3 rings (SSSR count). The molecule has 0 aliphatic carbocycles. The van der Waals surface area contributed by atoms with E-state index in [1.54, 1.807) is 18.3 Å². The van der Waals surface area contributed by atoms with Crippen molar-refractivity contribution in [3.63, 3.8) is 0 Å². The normalized spacial score (nSPS) is 11.4. The van der Waals surface area contributed by atoms with Gasteiger partial charge in [0.1, 0.15) is 0 Å². The molecule has 0 spiro atoms. The van der Waals surface area contributed by atoms with E-state index in [2.05, 4.69) is 21.5 Å². The number of aromatic nitrogens is 1. The molecule has 0 unspecified atom stereocenters. The zero-order valence-corrected chi connectivity index (χ0v) is 17.8. The van der Waals surface area contributed by atoms with Crippen LogP contribution in [0.25, 0.3) is 11.1 Å². The molecule has 0 aliphatic rings. The third-order valence-corrected chi connectivity index (χ3v) is 5.24. The van der Waals surface area contributed by atoms with Gasteiger partial charge in [0.15, 0.2) is 0 Å². The van der Waals surface area contributed by atoms with Crippen LogP contribution in [-0.2, 0) is 6.42 Å². The van der Waals surface area contributed by atoms with E-state index in [-0.39, 0.29) is 19.1 Å². The summed E-state index contributed by atoms with van der Waals surface area (Å²) in [7, 11) is 0. The quantitative estimate of drug-likeness (QED) is 0.294. The highest BCUT2D eigenvalue weighted by Gasteiger charge is 2.13. The van der Waals surface area contributed by atoms with Gasteiger partial charge in [0, 0.05) is 29.6 Å². The zero-order chi connectivity index (χ0) is 22.2. The van der Waals surface area contributed by atoms with Crippen LogP contribution in [0, 0.1) is 13.8 Å². The van der Waals surface area contributed by atoms with Crippen molar-refractivity contribution in [1.29, 1.82) is 0 Å². The van der Waals surface area contributed by atoms with Gasteiger partial charge in [0.2, 0.25) is 0 Å². The minimum atomic E-state index is -0.211. The number of hydrogen-bond donors (Lipinski definition) is 3. The summed E-state index contributed by atoms with van der Waals surface area (Å²) in [6, 6.07) is 17.3. The van der Waals surface area contributed by atoms with Crippen molar-refractivity contribution in [3.8, 4) is 11.1 Å². The Morgan fingerprint density at radius 3 is 2.55 bits per heavy atom. The number of benzene rings is 2. The summed E-state index contributed by atoms with van der Waals surface area (Å²) < 4.78 is 0. The van der Waals surface area contributed by atoms with Crippen molar-refractivity contribution >= 4 is 11.6 Å². The predicted octanol–water partition coefficient (Wildman–Crippen LogP) is 3.90. The van der Waals surface area contributed by atoms with Gasteiger partial charge in [-0.25, -0.2) is 0 Å². The molecular formula is C25H27N3O3. The van der Waals surface area contributed by atoms with Gasteiger partial charge in [0.05, 0.1) is 12.3 Å². The number of pyridine rings is 1. The van der Waals surface area contributed by atoms with E-state index < -0.39 is 0 Å². The van der Waals surface area contributed by atoms with Crippen LogP contribution < -0.4 is 5.32 Å². The molecule has 3 aromatic rings. The van der Waals surface area contributed by atoms with E-state index in [1.807, 2.05) is 50.2 Å². The highest BCUT2D eigenvalue weighted by Crippen LogP contribution is 2.27. The smallest absolute Gasteiger partial charge is 0.251 e. The molecule has 160 valence electrons. The third kappa shape index (κ3) is 5.55. The average molecular weight is 418 g/mol. The summed E-state index contributed by atoms with van der Waals surface area (Å²) >= 11 is 0. The van der Waals surface area contributed by atoms with Crippen molar-refractivity contribution in [1.82, 2.24) is 10.3 Å². The van der Waals surface area contributed by atoms with Gasteiger partial charge < -0.3 is 15.6 Å². The van der Waals surface area contributed by atoms with Gasteiger partial charge in [-0.1, -0.05) is 35.5 Å². The Morgan fingerprint density at radius 1 is 1.10 bits per heavy atom. The monoisotopic (exact) mass is 417 g/mol. The van der Waals surface area contributed by atoms with Crippen LogP contribution in [0.1, 0.15) is 39.2 Å². The number of hydrogen-bond acceptors (Lipinski definition) is 5. The van der Waals surface area contributed by atoms with Gasteiger partial charge >= 0.3 is 0 Å². The Hall–Kier alpha value is -3.51. The number of oxime groups is 1. The van der Waals surface area contributed by atoms with Crippen LogP contribution in [0.15, 0.2) is 65.9 Å². The fraction of sp³-hybridized carbons (Fsp3) is 0.240. The molecule has 0 aliphatic heterocycles. The lowest BCUT2D eigenvalue weighted by Crippen LogP contribution is -2.26. The van der Waals surface area contributed by atoms with Crippen LogP contribution in [-0.4, -0.2) is 40.1 Å². The number of nitrogens with one attached hydrogen (secondary N) is 1. The molecule has 6 nitrogen and oxygen atoms in total. The van der Waals surface area contributed by atoms with Crippen LogP contribution in [0.3, 0.4) is 0 Å². The van der Waals surface area contributed by atoms with Crippen LogP contribution in [0.4, 0.5) is 0 Å². The molecule has 1 aromatic heterocycles. The van der Waals surface area contributed by atoms with Crippen molar-refractivity contribution in [2.45, 2.75) is 26.7 Å². The van der Waals surface area contributed by atoms with E-state index >= 15 is 0 Å². The van der Waals surface area contributed by atoms with Crippen LogP contribution in [0.2, 0.25) is 0 Å². The summed E-state index contributed by atoms with van der Waals surface area (Å²) in [5.74, 6) is -0.211. The Bertz CT molecular complexity index is 1080. The molecule has 0 atom stereocenters. The van der Waals surface area contributed by atoms with Gasteiger partial charge in [-0.15, -0.1) is 0 Å². The molecule has 0 radical (unpaired) electrons. The van der Waals surface area contributed by atoms with Gasteiger partial charge in [-0.3, -0.25) is 9.78 Å². The van der Waals surface area contributed by atoms with E-state index in [9.17, 15) is 10.0 Å². The molecule has 0 bridgehead atoms. The molecule has 1 heterocycles. The Kier molecular flexibility index (Phi) is 7.51. The van der Waals surface area contributed by atoms with Crippen molar-refractivity contribution in [2.24, 2.45) is 5.16 Å². The lowest BCUT2D eigenvalue weighted by Gasteiger charge is -2.13. The fourth-order valence-electron chi connectivity index (χ4n) is 3.57. The van der Waals surface area contributed by atoms with Gasteiger partial charge in [0.25, 0.3) is 5.91 Å². The average Bonchev–Trinajstić information content (AvgIpc) is 2.79. The maximum atomic E-state index is 11.9. The minimum Gasteiger partial charge on any atom is -0.411 e. The topological polar surface area (TPSA) is 94.8 Å². The zero-order valence-electron chi connectivity index (χ0n) is 17.8. The Morgan fingerprint density at radius 2 is 1.87 bits per heavy atom. The summed E-state index contributed by atoms with van der Waals surface area (Å²) in [4.78, 5) is 16.2. The molecule has 6 heteroatoms. The Balaban J connectivity index is 1.74. The van der Waals surface area contributed by atoms with Crippen molar-refractivity contribution in [2.75, 3.05) is 13.2 Å². The third-order valence-electron chi connectivity index (χ3n) is 5.24. The van der Waals surface area contributed by atoms with Crippen molar-refractivity contribution < 1.29 is 15.1 Å². The predicted molar refractivity (Wildman–Crippen MR) is 122 cm³/mol. The first-order valence-corrected chi connectivity index (χ1v) is 10.3. The Labute approximate surface area is 182 Å². The van der Waals surface area contributed by atoms with Crippen LogP contribution in [0.5, 0.6) is 0 Å². The fourth-order valence-corrected chi connectivity index (χ4v) is 3.57. The molecular weight excluding hydrogens is 390 g/mol. The first kappa shape index (κ1) is 22.2. The number of carbonyl (C=O) groups is 1. The maximum absolute atomic E-state index is 11.9. The lowest BCUT2D eigenvalue weighted by atomic mass is 9.92. The maximum Gasteiger partial charge on any atom is 0.251 e. The van der Waals surface area contributed by atoms with E-state index in [0.29, 0.717) is 24.1 Å². The largest absolute Gasteiger partial charge is 0.411 e. The summed E-state index contributed by atoms with van der Waals surface area (Å²) in [5.41, 5.74) is 7.29. The SMILES string of the molecule is Cc1cc(-c2cccc(/C(CCc3ccc(C(=O)NCCO)cc3)=N/O)c2C)ccn1. The van der Waals surface area contributed by atoms with Crippen molar-refractivity contribution in [3.05, 3.63) is 88.7 Å². The second-order valence-electron chi connectivity index (χ2n) is 7.39. The number of aryl methyl sites for hydroxylation is 2. The standard InChI is InChI=1S/C25H27N3O3/c1-17-16-21(12-13-26-17)22-4-3-5-23(18(22)2)24(28-31)11-8-19-6-9-20(10-7-19)25(30)27-14-15-29/h3-7,9-10,12-13,16,29,31H,8,11,14-15H2,1-2H3,(H,27,30)/b28-24+. The number of aliphatic hydroxyl groups excluding tert-OH is 1. The summed E-state index contributed by atoms with van der Waals surface area (Å²) in [5, 5.41) is 24.7. The molecule has 31 heavy (non-hydrogen) atoms. The number of aliphatic hydroxyl groups is 1. The van der Waals surface area contributed by atoms with E-state index in [1.165, 1.54) is 0 Å². The number of rotatable bonds is 8. The number of amides is 1. The van der Waals surface area contributed by atoms with E-state index in [0.717, 1.165) is 33.5 Å². The lowest BCUT2D eigenvalue weighted by molar-refractivity contribution is 0.0944. The van der Waals surface area contributed by atoms with E-state index in [4.69, 9.17) is 5.11 Å². The first-order valence-electron chi connectivity index (χ1n) is 10.3. The molecule has 3 N–H and O–H groups in total. The minimum absolute atomic E-state index is 0.0888.